The fourth-order valence-corrected chi connectivity index (χ4v) is 5.01. The van der Waals surface area contributed by atoms with Crippen LogP contribution in [-0.2, 0) is 11.0 Å². The number of aromatic nitrogens is 2. The van der Waals surface area contributed by atoms with Crippen molar-refractivity contribution >= 4 is 0 Å². The smallest absolute Gasteiger partial charge is 0.137 e. The molecule has 1 aliphatic carbocycles. The molecule has 0 aliphatic heterocycles. The second-order valence-corrected chi connectivity index (χ2v) is 8.46. The van der Waals surface area contributed by atoms with E-state index in [1.807, 2.05) is 0 Å². The minimum Gasteiger partial charge on any atom is -0.253 e. The fraction of sp³-hybridized carbons (Fsp3) is 0.167. The van der Waals surface area contributed by atoms with Gasteiger partial charge in [-0.05, 0) is 35.6 Å². The van der Waals surface area contributed by atoms with Crippen molar-refractivity contribution in [2.75, 3.05) is 0 Å². The van der Waals surface area contributed by atoms with Gasteiger partial charge in [0.05, 0.1) is 5.69 Å². The van der Waals surface area contributed by atoms with Crippen molar-refractivity contribution in [1.82, 2.24) is 9.78 Å². The summed E-state index contributed by atoms with van der Waals surface area (Å²) in [6.45, 7) is 2.25. The third kappa shape index (κ3) is 3.23. The summed E-state index contributed by atoms with van der Waals surface area (Å²) in [4.78, 5) is 0. The molecule has 0 bridgehead atoms. The molecule has 1 heterocycles. The molecule has 0 amide bonds. The Balaban J connectivity index is 1.79. The lowest BCUT2D eigenvalue weighted by atomic mass is 9.76. The lowest BCUT2D eigenvalue weighted by Gasteiger charge is -2.37. The van der Waals surface area contributed by atoms with Crippen LogP contribution in [0.3, 0.4) is 0 Å². The summed E-state index contributed by atoms with van der Waals surface area (Å²) in [5.74, 6) is 0. The summed E-state index contributed by atoms with van der Waals surface area (Å²) in [6.07, 6.45) is 13.0. The first kappa shape index (κ1) is 20.3. The second kappa shape index (κ2) is 8.47. The van der Waals surface area contributed by atoms with Crippen molar-refractivity contribution in [3.8, 4) is 0 Å². The van der Waals surface area contributed by atoms with Crippen molar-refractivity contribution in [2.45, 2.75) is 30.7 Å². The average molecular weight is 417 g/mol. The van der Waals surface area contributed by atoms with Crippen LogP contribution in [0, 0.1) is 0 Å². The SMILES string of the molecule is CCC1(c2ccn(C(c3ccccc3)(c3ccccc3)c3ccccc3)n2)C=CC=CC1. The van der Waals surface area contributed by atoms with Crippen molar-refractivity contribution in [2.24, 2.45) is 0 Å². The molecule has 0 saturated heterocycles. The van der Waals surface area contributed by atoms with Gasteiger partial charge in [0, 0.05) is 11.6 Å². The molecular formula is C30H28N2. The first-order valence-electron chi connectivity index (χ1n) is 11.4. The van der Waals surface area contributed by atoms with E-state index in [1.165, 1.54) is 16.7 Å². The number of hydrogen-bond donors (Lipinski definition) is 0. The van der Waals surface area contributed by atoms with Crippen LogP contribution in [0.15, 0.2) is 128 Å². The summed E-state index contributed by atoms with van der Waals surface area (Å²) in [5.41, 5.74) is 4.07. The van der Waals surface area contributed by atoms with Crippen LogP contribution in [0.4, 0.5) is 0 Å². The number of rotatable bonds is 6. The van der Waals surface area contributed by atoms with E-state index in [1.54, 1.807) is 0 Å². The summed E-state index contributed by atoms with van der Waals surface area (Å²) >= 11 is 0. The molecule has 3 aromatic carbocycles. The minimum atomic E-state index is -0.564. The van der Waals surface area contributed by atoms with Gasteiger partial charge in [0.15, 0.2) is 0 Å². The van der Waals surface area contributed by atoms with E-state index in [4.69, 9.17) is 5.10 Å². The highest BCUT2D eigenvalue weighted by molar-refractivity contribution is 5.50. The highest BCUT2D eigenvalue weighted by atomic mass is 15.3. The van der Waals surface area contributed by atoms with Crippen molar-refractivity contribution in [1.29, 1.82) is 0 Å². The molecule has 158 valence electrons. The molecule has 1 aliphatic rings. The van der Waals surface area contributed by atoms with Crippen molar-refractivity contribution in [3.05, 3.63) is 150 Å². The Morgan fingerprint density at radius 2 is 1.28 bits per heavy atom. The van der Waals surface area contributed by atoms with Gasteiger partial charge in [-0.15, -0.1) is 0 Å². The van der Waals surface area contributed by atoms with Crippen LogP contribution in [0.2, 0.25) is 0 Å². The molecule has 0 N–H and O–H groups in total. The van der Waals surface area contributed by atoms with E-state index in [0.717, 1.165) is 18.5 Å². The minimum absolute atomic E-state index is 0.0597. The molecule has 2 nitrogen and oxygen atoms in total. The highest BCUT2D eigenvalue weighted by Crippen LogP contribution is 2.42. The van der Waals surface area contributed by atoms with Gasteiger partial charge in [-0.2, -0.15) is 5.10 Å². The van der Waals surface area contributed by atoms with Crippen LogP contribution >= 0.6 is 0 Å². The molecule has 0 radical (unpaired) electrons. The van der Waals surface area contributed by atoms with Gasteiger partial charge in [-0.25, -0.2) is 0 Å². The van der Waals surface area contributed by atoms with E-state index >= 15 is 0 Å². The van der Waals surface area contributed by atoms with Gasteiger partial charge < -0.3 is 0 Å². The molecular weight excluding hydrogens is 388 g/mol. The molecule has 0 spiro atoms. The van der Waals surface area contributed by atoms with E-state index in [-0.39, 0.29) is 5.41 Å². The van der Waals surface area contributed by atoms with Crippen LogP contribution < -0.4 is 0 Å². The highest BCUT2D eigenvalue weighted by Gasteiger charge is 2.40. The van der Waals surface area contributed by atoms with E-state index < -0.39 is 5.54 Å². The predicted octanol–water partition coefficient (Wildman–Crippen LogP) is 6.89. The van der Waals surface area contributed by atoms with Crippen molar-refractivity contribution in [3.63, 3.8) is 0 Å². The predicted molar refractivity (Wildman–Crippen MR) is 132 cm³/mol. The van der Waals surface area contributed by atoms with Gasteiger partial charge in [0.2, 0.25) is 0 Å². The summed E-state index contributed by atoms with van der Waals surface area (Å²) in [5, 5.41) is 5.31. The first-order valence-corrected chi connectivity index (χ1v) is 11.4. The monoisotopic (exact) mass is 416 g/mol. The molecule has 5 rings (SSSR count). The summed E-state index contributed by atoms with van der Waals surface area (Å²) in [7, 11) is 0. The zero-order chi connectivity index (χ0) is 21.9. The van der Waals surface area contributed by atoms with Gasteiger partial charge in [0.25, 0.3) is 0 Å². The second-order valence-electron chi connectivity index (χ2n) is 8.46. The Morgan fingerprint density at radius 1 is 0.750 bits per heavy atom. The molecule has 1 aromatic heterocycles. The first-order chi connectivity index (χ1) is 15.8. The van der Waals surface area contributed by atoms with Gasteiger partial charge >= 0.3 is 0 Å². The topological polar surface area (TPSA) is 17.8 Å². The zero-order valence-electron chi connectivity index (χ0n) is 18.4. The van der Waals surface area contributed by atoms with Gasteiger partial charge in [0.1, 0.15) is 5.54 Å². The van der Waals surface area contributed by atoms with Crippen LogP contribution in [0.1, 0.15) is 42.1 Å². The number of benzene rings is 3. The Labute approximate surface area is 190 Å². The third-order valence-corrected chi connectivity index (χ3v) is 6.79. The molecule has 0 saturated carbocycles. The Hall–Kier alpha value is -3.65. The van der Waals surface area contributed by atoms with E-state index in [9.17, 15) is 0 Å². The van der Waals surface area contributed by atoms with Crippen LogP contribution in [0.5, 0.6) is 0 Å². The average Bonchev–Trinajstić information content (AvgIpc) is 3.38. The zero-order valence-corrected chi connectivity index (χ0v) is 18.4. The normalized spacial score (nSPS) is 18.0. The maximum Gasteiger partial charge on any atom is 0.137 e. The Bertz CT molecular complexity index is 1120. The maximum absolute atomic E-state index is 5.31. The van der Waals surface area contributed by atoms with E-state index in [0.29, 0.717) is 0 Å². The van der Waals surface area contributed by atoms with Crippen LogP contribution in [-0.4, -0.2) is 9.78 Å². The number of allylic oxidation sites excluding steroid dienone is 4. The molecule has 1 unspecified atom stereocenters. The molecule has 32 heavy (non-hydrogen) atoms. The maximum atomic E-state index is 5.31. The molecule has 4 aromatic rings. The molecule has 0 fully saturated rings. The number of nitrogens with zero attached hydrogens (tertiary/aromatic N) is 2. The summed E-state index contributed by atoms with van der Waals surface area (Å²) in [6, 6.07) is 34.4. The van der Waals surface area contributed by atoms with E-state index in [2.05, 4.69) is 139 Å². The van der Waals surface area contributed by atoms with Crippen molar-refractivity contribution < 1.29 is 0 Å². The van der Waals surface area contributed by atoms with Gasteiger partial charge in [-0.3, -0.25) is 4.68 Å². The molecule has 1 atom stereocenters. The largest absolute Gasteiger partial charge is 0.253 e. The van der Waals surface area contributed by atoms with Crippen LogP contribution in [0.25, 0.3) is 0 Å². The lowest BCUT2D eigenvalue weighted by molar-refractivity contribution is 0.432. The Morgan fingerprint density at radius 3 is 1.72 bits per heavy atom. The fourth-order valence-electron chi connectivity index (χ4n) is 5.01. The molecule has 2 heteroatoms. The van der Waals surface area contributed by atoms with Gasteiger partial charge in [-0.1, -0.05) is 122 Å². The number of hydrogen-bond acceptors (Lipinski definition) is 1. The quantitative estimate of drug-likeness (QED) is 0.313. The Kier molecular flexibility index (Phi) is 5.36. The lowest BCUT2D eigenvalue weighted by Crippen LogP contribution is -2.38. The summed E-state index contributed by atoms with van der Waals surface area (Å²) < 4.78 is 2.17. The standard InChI is InChI=1S/C30H28N2/c1-2-29(22-13-6-14-23-29)28-21-24-32(31-28)30(25-15-7-3-8-16-25,26-17-9-4-10-18-26)27-19-11-5-12-20-27/h3-22,24H,2,23H2,1H3. The third-order valence-electron chi connectivity index (χ3n) is 6.79.